The zero-order valence-electron chi connectivity index (χ0n) is 14.2. The number of hydrogen-bond acceptors (Lipinski definition) is 4. The molecule has 6 nitrogen and oxygen atoms in total. The molecule has 25 heavy (non-hydrogen) atoms. The Kier molecular flexibility index (Phi) is 5.73. The molecular formula is C18H24N2O4S. The Morgan fingerprint density at radius 2 is 1.96 bits per heavy atom. The van der Waals surface area contributed by atoms with Crippen LogP contribution in [0.4, 0.5) is 0 Å². The summed E-state index contributed by atoms with van der Waals surface area (Å²) in [7, 11) is 0. The number of carbonyl (C=O) groups excluding carboxylic acids is 2. The number of carboxylic acid groups (broad SMARTS) is 1. The minimum atomic E-state index is -0.745. The Hall–Kier alpha value is -1.89. The highest BCUT2D eigenvalue weighted by molar-refractivity contribution is 7.10. The summed E-state index contributed by atoms with van der Waals surface area (Å²) >= 11 is 1.74. The first-order valence-corrected chi connectivity index (χ1v) is 9.76. The monoisotopic (exact) mass is 364 g/mol. The predicted molar refractivity (Wildman–Crippen MR) is 94.2 cm³/mol. The van der Waals surface area contributed by atoms with Crippen molar-refractivity contribution in [2.75, 3.05) is 6.54 Å². The van der Waals surface area contributed by atoms with Crippen molar-refractivity contribution >= 4 is 29.1 Å². The van der Waals surface area contributed by atoms with Gasteiger partial charge in [0.2, 0.25) is 11.8 Å². The average Bonchev–Trinajstić information content (AvgIpc) is 3.07. The third-order valence-corrected chi connectivity index (χ3v) is 6.19. The van der Waals surface area contributed by atoms with Gasteiger partial charge >= 0.3 is 5.97 Å². The summed E-state index contributed by atoms with van der Waals surface area (Å²) in [5.74, 6) is -1.11. The van der Waals surface area contributed by atoms with E-state index in [2.05, 4.69) is 16.8 Å². The number of rotatable bonds is 5. The first-order valence-electron chi connectivity index (χ1n) is 8.88. The number of nitrogens with zero attached hydrogens (tertiary/aromatic N) is 1. The summed E-state index contributed by atoms with van der Waals surface area (Å²) in [4.78, 5) is 38.5. The summed E-state index contributed by atoms with van der Waals surface area (Å²) in [6.45, 7) is 1.38. The van der Waals surface area contributed by atoms with Crippen molar-refractivity contribution in [1.82, 2.24) is 10.2 Å². The van der Waals surface area contributed by atoms with E-state index in [4.69, 9.17) is 5.11 Å². The Labute approximate surface area is 151 Å². The summed E-state index contributed by atoms with van der Waals surface area (Å²) in [5.41, 5.74) is 1.23. The lowest BCUT2D eigenvalue weighted by atomic mass is 9.86. The van der Waals surface area contributed by atoms with Crippen LogP contribution in [-0.4, -0.2) is 40.4 Å². The van der Waals surface area contributed by atoms with Crippen LogP contribution in [0.25, 0.3) is 0 Å². The van der Waals surface area contributed by atoms with Crippen LogP contribution < -0.4 is 5.32 Å². The lowest BCUT2D eigenvalue weighted by Crippen LogP contribution is -2.40. The quantitative estimate of drug-likeness (QED) is 0.838. The first-order chi connectivity index (χ1) is 12.0. The number of aliphatic carboxylic acids is 1. The number of carbonyl (C=O) groups is 3. The van der Waals surface area contributed by atoms with Crippen LogP contribution in [0.5, 0.6) is 0 Å². The van der Waals surface area contributed by atoms with E-state index >= 15 is 0 Å². The Bertz CT molecular complexity index is 649. The van der Waals surface area contributed by atoms with Gasteiger partial charge in [-0.3, -0.25) is 14.4 Å². The molecule has 0 unspecified atom stereocenters. The van der Waals surface area contributed by atoms with E-state index < -0.39 is 5.97 Å². The van der Waals surface area contributed by atoms with Crippen molar-refractivity contribution in [3.05, 3.63) is 21.9 Å². The maximum atomic E-state index is 12.3. The second-order valence-electron chi connectivity index (χ2n) is 6.89. The van der Waals surface area contributed by atoms with Gasteiger partial charge in [0, 0.05) is 36.9 Å². The summed E-state index contributed by atoms with van der Waals surface area (Å²) in [5, 5.41) is 14.0. The molecule has 0 atom stereocenters. The highest BCUT2D eigenvalue weighted by Gasteiger charge is 2.27. The zero-order chi connectivity index (χ0) is 17.8. The van der Waals surface area contributed by atoms with Crippen LogP contribution in [0, 0.1) is 5.92 Å². The molecule has 2 aliphatic rings. The van der Waals surface area contributed by atoms with E-state index in [1.807, 2.05) is 4.90 Å². The molecule has 1 aliphatic heterocycles. The molecule has 0 aromatic carbocycles. The number of hydrogen-bond donors (Lipinski definition) is 2. The Morgan fingerprint density at radius 3 is 2.68 bits per heavy atom. The van der Waals surface area contributed by atoms with Crippen molar-refractivity contribution in [3.63, 3.8) is 0 Å². The number of nitrogens with one attached hydrogen (secondary N) is 1. The molecule has 2 N–H and O–H groups in total. The molecule has 2 amide bonds. The molecule has 136 valence electrons. The minimum Gasteiger partial charge on any atom is -0.481 e. The summed E-state index contributed by atoms with van der Waals surface area (Å²) in [6, 6.07) is 2.11. The van der Waals surface area contributed by atoms with Crippen molar-refractivity contribution in [2.45, 2.75) is 57.5 Å². The molecule has 2 heterocycles. The second-order valence-corrected chi connectivity index (χ2v) is 7.89. The summed E-state index contributed by atoms with van der Waals surface area (Å²) < 4.78 is 0. The standard InChI is InChI=1S/C18H24N2O4S/c21-16(19-14-3-1-12(2-4-14)18(23)24)5-6-17(22)20-9-7-15-13(11-20)8-10-25-15/h8,10,12,14H,1-7,9,11H2,(H,19,21)(H,23,24). The van der Waals surface area contributed by atoms with Gasteiger partial charge in [0.15, 0.2) is 0 Å². The fourth-order valence-electron chi connectivity index (χ4n) is 3.62. The number of thiophene rings is 1. The van der Waals surface area contributed by atoms with Crippen LogP contribution in [0.3, 0.4) is 0 Å². The van der Waals surface area contributed by atoms with Crippen molar-refractivity contribution in [1.29, 1.82) is 0 Å². The minimum absolute atomic E-state index is 0.0292. The second kappa shape index (κ2) is 7.99. The fraction of sp³-hybridized carbons (Fsp3) is 0.611. The molecule has 7 heteroatoms. The molecule has 0 spiro atoms. The third kappa shape index (κ3) is 4.60. The van der Waals surface area contributed by atoms with Gasteiger partial charge in [-0.25, -0.2) is 0 Å². The Balaban J connectivity index is 1.38. The van der Waals surface area contributed by atoms with E-state index in [-0.39, 0.29) is 36.6 Å². The van der Waals surface area contributed by atoms with Crippen LogP contribution in [0.15, 0.2) is 11.4 Å². The molecule has 0 saturated heterocycles. The predicted octanol–water partition coefficient (Wildman–Crippen LogP) is 2.17. The molecule has 0 radical (unpaired) electrons. The van der Waals surface area contributed by atoms with Gasteiger partial charge in [-0.1, -0.05) is 0 Å². The highest BCUT2D eigenvalue weighted by atomic mass is 32.1. The van der Waals surface area contributed by atoms with Crippen LogP contribution in [0.1, 0.15) is 49.0 Å². The third-order valence-electron chi connectivity index (χ3n) is 5.17. The molecule has 1 aromatic heterocycles. The molecule has 1 saturated carbocycles. The highest BCUT2D eigenvalue weighted by Crippen LogP contribution is 2.25. The largest absolute Gasteiger partial charge is 0.481 e. The SMILES string of the molecule is O=C(CCC(=O)N1CCc2sccc2C1)NC1CCC(C(=O)O)CC1. The van der Waals surface area contributed by atoms with E-state index in [9.17, 15) is 14.4 Å². The topological polar surface area (TPSA) is 86.7 Å². The van der Waals surface area contributed by atoms with Gasteiger partial charge in [0.25, 0.3) is 0 Å². The zero-order valence-corrected chi connectivity index (χ0v) is 15.0. The molecule has 3 rings (SSSR count). The average molecular weight is 364 g/mol. The van der Waals surface area contributed by atoms with Gasteiger partial charge in [0.05, 0.1) is 5.92 Å². The van der Waals surface area contributed by atoms with Gasteiger partial charge in [0.1, 0.15) is 0 Å². The van der Waals surface area contributed by atoms with E-state index in [0.717, 1.165) is 13.0 Å². The molecule has 0 bridgehead atoms. The van der Waals surface area contributed by atoms with E-state index in [1.165, 1.54) is 10.4 Å². The molecule has 1 aliphatic carbocycles. The number of fused-ring (bicyclic) bond motifs is 1. The van der Waals surface area contributed by atoms with Crippen molar-refractivity contribution in [2.24, 2.45) is 5.92 Å². The maximum absolute atomic E-state index is 12.3. The smallest absolute Gasteiger partial charge is 0.306 e. The number of amides is 2. The fourth-order valence-corrected chi connectivity index (χ4v) is 4.51. The maximum Gasteiger partial charge on any atom is 0.306 e. The van der Waals surface area contributed by atoms with E-state index in [0.29, 0.717) is 32.2 Å². The van der Waals surface area contributed by atoms with Gasteiger partial charge < -0.3 is 15.3 Å². The Morgan fingerprint density at radius 1 is 1.20 bits per heavy atom. The van der Waals surface area contributed by atoms with Gasteiger partial charge in [-0.15, -0.1) is 11.3 Å². The lowest BCUT2D eigenvalue weighted by molar-refractivity contribution is -0.143. The van der Waals surface area contributed by atoms with Gasteiger partial charge in [-0.05, 0) is 49.1 Å². The van der Waals surface area contributed by atoms with Crippen LogP contribution >= 0.6 is 11.3 Å². The molecule has 1 aromatic rings. The lowest BCUT2D eigenvalue weighted by Gasteiger charge is -2.28. The number of carboxylic acids is 1. The molecule has 1 fully saturated rings. The van der Waals surface area contributed by atoms with E-state index in [1.54, 1.807) is 11.3 Å². The van der Waals surface area contributed by atoms with Crippen molar-refractivity contribution in [3.8, 4) is 0 Å². The molecular weight excluding hydrogens is 340 g/mol. The summed E-state index contributed by atoms with van der Waals surface area (Å²) in [6.07, 6.45) is 3.94. The van der Waals surface area contributed by atoms with Crippen LogP contribution in [0.2, 0.25) is 0 Å². The van der Waals surface area contributed by atoms with Crippen molar-refractivity contribution < 1.29 is 19.5 Å². The first kappa shape index (κ1) is 17.9. The van der Waals surface area contributed by atoms with Crippen LogP contribution in [-0.2, 0) is 27.3 Å². The normalized spacial score (nSPS) is 23.0. The van der Waals surface area contributed by atoms with Gasteiger partial charge in [-0.2, -0.15) is 0 Å².